The van der Waals surface area contributed by atoms with Crippen molar-refractivity contribution in [2.75, 3.05) is 72.5 Å². The van der Waals surface area contributed by atoms with Crippen LogP contribution in [0.5, 0.6) is 0 Å². The molecule has 0 rings (SSSR count). The number of ether oxygens (including phenoxy) is 4. The third kappa shape index (κ3) is 95.4. The van der Waals surface area contributed by atoms with Gasteiger partial charge < -0.3 is 103 Å². The Bertz CT molecular complexity index is 2760. The number of hydrogen-bond acceptors (Lipinski definition) is 22. The lowest BCUT2D eigenvalue weighted by molar-refractivity contribution is -0.144. The van der Waals surface area contributed by atoms with E-state index in [1.165, 1.54) is 112 Å². The van der Waals surface area contributed by atoms with Gasteiger partial charge in [-0.2, -0.15) is 0 Å². The molecule has 0 saturated heterocycles. The van der Waals surface area contributed by atoms with Crippen molar-refractivity contribution < 1.29 is 141 Å². The van der Waals surface area contributed by atoms with Crippen LogP contribution in [0.1, 0.15) is 340 Å². The second-order valence-corrected chi connectivity index (χ2v) is 30.5. The summed E-state index contributed by atoms with van der Waals surface area (Å²) in [5, 5.41) is 83.8. The maximum absolute atomic E-state index is 11.9. The Hall–Kier alpha value is -9.30. The minimum Gasteiger partial charge on any atom is -0.481 e. The van der Waals surface area contributed by atoms with Crippen LogP contribution in [0.2, 0.25) is 0 Å². The molecule has 0 fully saturated rings. The van der Waals surface area contributed by atoms with Gasteiger partial charge in [0.15, 0.2) is 17.3 Å². The second-order valence-electron chi connectivity index (χ2n) is 30.5. The SMILES string of the molecule is CC(=O)NCCCCC(NC(=O)NC(CCC(=O)O)C(C)=O)C(=O)O.CC(=O)NCCCCC(NC(=O)NC(CCC(=O)O)C(C)=O)C(=O)O.CC(=O)NCCCCC(NC(=O)NC(CCC(=O)O)C(C)=O)C(=O)O.CCCCCCCC(=O)CC(CCCCC)C(=O)O.CCCCCCCC(=O)CCCCCCC.CCCOCCOCCOCCOCCC. The number of unbranched alkanes of at least 4 members (excludes halogenated alkanes) is 17. The fraction of sp³-hybridized carbons (Fsp3) is 0.795. The first kappa shape index (κ1) is 127. The molecule has 0 aliphatic heterocycles. The van der Waals surface area contributed by atoms with Gasteiger partial charge in [0, 0.05) is 98.6 Å². The van der Waals surface area contributed by atoms with Crippen LogP contribution in [0, 0.1) is 5.92 Å². The number of ketones is 5. The molecular formula is C88H161N9O29. The van der Waals surface area contributed by atoms with Crippen LogP contribution < -0.4 is 47.9 Å². The molecule has 0 aromatic heterocycles. The monoisotopic (exact) mass is 1810 g/mol. The van der Waals surface area contributed by atoms with E-state index in [9.17, 15) is 86.3 Å². The van der Waals surface area contributed by atoms with Gasteiger partial charge in [-0.3, -0.25) is 57.5 Å². The summed E-state index contributed by atoms with van der Waals surface area (Å²) < 4.78 is 21.2. The largest absolute Gasteiger partial charge is 0.481 e. The summed E-state index contributed by atoms with van der Waals surface area (Å²) in [6, 6.07) is -8.97. The smallest absolute Gasteiger partial charge is 0.326 e. The Morgan fingerprint density at radius 2 is 0.476 bits per heavy atom. The van der Waals surface area contributed by atoms with Gasteiger partial charge in [0.05, 0.1) is 63.7 Å². The fourth-order valence-corrected chi connectivity index (χ4v) is 11.3. The number of rotatable bonds is 74. The van der Waals surface area contributed by atoms with Crippen LogP contribution in [0.3, 0.4) is 0 Å². The third-order valence-corrected chi connectivity index (χ3v) is 18.5. The van der Waals surface area contributed by atoms with E-state index in [0.29, 0.717) is 116 Å². The number of amides is 9. The first-order valence-electron chi connectivity index (χ1n) is 45.1. The molecule has 0 spiro atoms. The van der Waals surface area contributed by atoms with Crippen molar-refractivity contribution in [1.29, 1.82) is 0 Å². The number of nitrogens with one attached hydrogen (secondary N) is 9. The molecule has 0 saturated carbocycles. The molecule has 0 bridgehead atoms. The van der Waals surface area contributed by atoms with Gasteiger partial charge in [-0.25, -0.2) is 28.8 Å². The van der Waals surface area contributed by atoms with E-state index >= 15 is 0 Å². The highest BCUT2D eigenvalue weighted by Gasteiger charge is 2.28. The summed E-state index contributed by atoms with van der Waals surface area (Å²) >= 11 is 0. The molecule has 0 aromatic carbocycles. The number of urea groups is 3. The number of aliphatic carboxylic acids is 7. The zero-order valence-corrected chi connectivity index (χ0v) is 77.7. The summed E-state index contributed by atoms with van der Waals surface area (Å²) in [4.78, 5) is 202. The molecule has 7 unspecified atom stereocenters. The van der Waals surface area contributed by atoms with Crippen molar-refractivity contribution in [3.05, 3.63) is 0 Å². The normalized spacial score (nSPS) is 12.1. The van der Waals surface area contributed by atoms with Crippen molar-refractivity contribution in [3.63, 3.8) is 0 Å². The van der Waals surface area contributed by atoms with Crippen molar-refractivity contribution in [2.24, 2.45) is 5.92 Å². The maximum Gasteiger partial charge on any atom is 0.326 e. The van der Waals surface area contributed by atoms with E-state index in [2.05, 4.69) is 89.4 Å². The van der Waals surface area contributed by atoms with Crippen LogP contribution in [-0.4, -0.2) is 251 Å². The Morgan fingerprint density at radius 1 is 0.238 bits per heavy atom. The minimum absolute atomic E-state index is 0.0768. The Morgan fingerprint density at radius 3 is 0.706 bits per heavy atom. The van der Waals surface area contributed by atoms with Gasteiger partial charge in [0.25, 0.3) is 0 Å². The van der Waals surface area contributed by atoms with Gasteiger partial charge in [0.2, 0.25) is 17.7 Å². The van der Waals surface area contributed by atoms with E-state index in [-0.39, 0.29) is 87.7 Å². The van der Waals surface area contributed by atoms with Crippen LogP contribution in [0.15, 0.2) is 0 Å². The van der Waals surface area contributed by atoms with E-state index in [1.54, 1.807) is 0 Å². The fourth-order valence-electron chi connectivity index (χ4n) is 11.3. The molecule has 38 heteroatoms. The Balaban J connectivity index is -0.000000346. The number of Topliss-reactive ketones (excluding diaryl/α,β-unsaturated/α-hetero) is 5. The number of carboxylic acid groups (broad SMARTS) is 7. The van der Waals surface area contributed by atoms with E-state index in [1.807, 2.05) is 0 Å². The van der Waals surface area contributed by atoms with Crippen LogP contribution >= 0.6 is 0 Å². The van der Waals surface area contributed by atoms with E-state index in [0.717, 1.165) is 83.8 Å². The number of carbonyl (C=O) groups excluding carboxylic acids is 11. The highest BCUT2D eigenvalue weighted by atomic mass is 16.6. The summed E-state index contributed by atoms with van der Waals surface area (Å²) in [5.41, 5.74) is 0. The molecule has 0 aromatic rings. The molecule has 38 nitrogen and oxygen atoms in total. The zero-order valence-electron chi connectivity index (χ0n) is 77.7. The summed E-state index contributed by atoms with van der Waals surface area (Å²) in [6.07, 6.45) is 28.8. The molecule has 732 valence electrons. The molecule has 7 atom stereocenters. The number of hydrogen-bond donors (Lipinski definition) is 16. The molecule has 0 radical (unpaired) electrons. The quantitative estimate of drug-likeness (QED) is 0.0252. The topological polar surface area (TPSA) is 594 Å². The first-order chi connectivity index (χ1) is 59.7. The lowest BCUT2D eigenvalue weighted by Gasteiger charge is -2.19. The standard InChI is InChI=1S/C16H30O3.3C15H25N3O7.C15H30O.C12H26O4/c1-3-5-7-8-10-12-15(17)13-14(16(18)19)11-9-6-4-2;3*1-9(19)11(6-7-13(21)22)17-15(25)18-12(14(23)24)5-3-4-8-16-10(2)20;1-3-5-7-9-11-13-15(16)14-12-10-8-6-4-2;1-3-5-13-7-9-15-11-12-16-10-8-14-6-4-2/h14H,3-13H2,1-2H3,(H,18,19);3*11-12H,3-8H2,1-2H3,(H,16,20)(H,21,22)(H,23,24)(H2,17,18,25);3-14H2,1-2H3;3-12H2,1-2H3. The Kier molecular flexibility index (Phi) is 91.5. The average Bonchev–Trinajstić information content (AvgIpc) is 0.890. The highest BCUT2D eigenvalue weighted by molar-refractivity contribution is 5.91. The van der Waals surface area contributed by atoms with E-state index in [4.69, 9.17) is 54.7 Å². The van der Waals surface area contributed by atoms with Crippen molar-refractivity contribution in [3.8, 4) is 0 Å². The molecule has 0 aliphatic rings. The number of carbonyl (C=O) groups is 18. The molecule has 0 aliphatic carbocycles. The predicted octanol–water partition coefficient (Wildman–Crippen LogP) is 11.3. The van der Waals surface area contributed by atoms with Gasteiger partial charge in [-0.05, 0) is 136 Å². The van der Waals surface area contributed by atoms with Crippen LogP contribution in [0.25, 0.3) is 0 Å². The minimum atomic E-state index is -1.22. The molecule has 126 heavy (non-hydrogen) atoms. The van der Waals surface area contributed by atoms with Crippen molar-refractivity contribution in [1.82, 2.24) is 47.9 Å². The molecule has 16 N–H and O–H groups in total. The lowest BCUT2D eigenvalue weighted by Crippen LogP contribution is -2.50. The van der Waals surface area contributed by atoms with E-state index < -0.39 is 119 Å². The van der Waals surface area contributed by atoms with Gasteiger partial charge in [-0.15, -0.1) is 0 Å². The van der Waals surface area contributed by atoms with Crippen molar-refractivity contribution >= 4 is 107 Å². The van der Waals surface area contributed by atoms with Gasteiger partial charge in [0.1, 0.15) is 29.7 Å². The summed E-state index contributed by atoms with van der Waals surface area (Å²) in [5.74, 6) is -9.41. The Labute approximate surface area is 746 Å². The average molecular weight is 1810 g/mol. The van der Waals surface area contributed by atoms with Crippen LogP contribution in [-0.2, 0) is 90.9 Å². The summed E-state index contributed by atoms with van der Waals surface area (Å²) in [6.45, 7) is 27.4. The first-order valence-corrected chi connectivity index (χ1v) is 45.1. The molecular weight excluding hydrogens is 1650 g/mol. The van der Waals surface area contributed by atoms with Gasteiger partial charge >= 0.3 is 59.9 Å². The third-order valence-electron chi connectivity index (χ3n) is 18.5. The predicted molar refractivity (Wildman–Crippen MR) is 475 cm³/mol. The van der Waals surface area contributed by atoms with Crippen molar-refractivity contribution in [2.45, 2.75) is 376 Å². The molecule has 0 heterocycles. The lowest BCUT2D eigenvalue weighted by atomic mass is 9.94. The molecule has 9 amide bonds. The highest BCUT2D eigenvalue weighted by Crippen LogP contribution is 2.18. The summed E-state index contributed by atoms with van der Waals surface area (Å²) in [7, 11) is 0. The second kappa shape index (κ2) is 90.5. The van der Waals surface area contributed by atoms with Gasteiger partial charge in [-0.1, -0.05) is 138 Å². The zero-order chi connectivity index (χ0) is 96.7. The number of carboxylic acids is 7. The maximum atomic E-state index is 11.9. The van der Waals surface area contributed by atoms with Crippen LogP contribution in [0.4, 0.5) is 14.4 Å².